The van der Waals surface area contributed by atoms with Gasteiger partial charge in [-0.25, -0.2) is 0 Å². The van der Waals surface area contributed by atoms with Crippen LogP contribution in [0.15, 0.2) is 0 Å². The zero-order valence-corrected chi connectivity index (χ0v) is 13.6. The van der Waals surface area contributed by atoms with Gasteiger partial charge in [0.1, 0.15) is 5.78 Å². The molecule has 2 unspecified atom stereocenters. The average molecular weight is 280 g/mol. The van der Waals surface area contributed by atoms with Crippen LogP contribution in [0.4, 0.5) is 0 Å². The molecule has 2 aliphatic rings. The van der Waals surface area contributed by atoms with E-state index in [1.165, 1.54) is 38.9 Å². The molecular weight excluding hydrogens is 248 g/mol. The van der Waals surface area contributed by atoms with Crippen LogP contribution in [0.2, 0.25) is 0 Å². The summed E-state index contributed by atoms with van der Waals surface area (Å²) >= 11 is 0. The summed E-state index contributed by atoms with van der Waals surface area (Å²) in [6.07, 6.45) is 6.96. The maximum absolute atomic E-state index is 12.1. The lowest BCUT2D eigenvalue weighted by Gasteiger charge is -2.34. The number of rotatable bonds is 5. The van der Waals surface area contributed by atoms with E-state index < -0.39 is 0 Å². The molecule has 20 heavy (non-hydrogen) atoms. The van der Waals surface area contributed by atoms with E-state index in [1.54, 1.807) is 0 Å². The molecule has 0 bridgehead atoms. The van der Waals surface area contributed by atoms with Gasteiger partial charge in [-0.15, -0.1) is 0 Å². The third kappa shape index (κ3) is 4.56. The first-order valence-corrected chi connectivity index (χ1v) is 8.48. The summed E-state index contributed by atoms with van der Waals surface area (Å²) in [5, 5.41) is 0. The van der Waals surface area contributed by atoms with Crippen molar-refractivity contribution in [1.82, 2.24) is 9.80 Å². The summed E-state index contributed by atoms with van der Waals surface area (Å²) in [6.45, 7) is 6.90. The van der Waals surface area contributed by atoms with Crippen LogP contribution in [0.5, 0.6) is 0 Å². The molecule has 1 aliphatic heterocycles. The molecule has 2 atom stereocenters. The van der Waals surface area contributed by atoms with Crippen LogP contribution in [-0.4, -0.2) is 55.9 Å². The van der Waals surface area contributed by atoms with E-state index in [4.69, 9.17) is 0 Å². The zero-order valence-electron chi connectivity index (χ0n) is 13.6. The Kier molecular flexibility index (Phi) is 6.03. The number of carbonyl (C=O) groups excluding carboxylic acids is 1. The van der Waals surface area contributed by atoms with Crippen molar-refractivity contribution < 1.29 is 4.79 Å². The summed E-state index contributed by atoms with van der Waals surface area (Å²) in [6, 6.07) is 0. The molecule has 3 heteroatoms. The third-order valence-corrected chi connectivity index (χ3v) is 5.39. The van der Waals surface area contributed by atoms with E-state index in [0.29, 0.717) is 11.7 Å². The number of Topliss-reactive ketones (excluding diaryl/α,β-unsaturated/α-hetero) is 1. The highest BCUT2D eigenvalue weighted by molar-refractivity contribution is 5.81. The topological polar surface area (TPSA) is 23.6 Å². The molecule has 3 nitrogen and oxygen atoms in total. The number of nitrogens with zero attached hydrogens (tertiary/aromatic N) is 2. The Balaban J connectivity index is 1.75. The van der Waals surface area contributed by atoms with Gasteiger partial charge in [-0.3, -0.25) is 4.79 Å². The molecule has 0 N–H and O–H groups in total. The zero-order chi connectivity index (χ0) is 14.5. The summed E-state index contributed by atoms with van der Waals surface area (Å²) in [5.41, 5.74) is 0. The van der Waals surface area contributed by atoms with Crippen LogP contribution in [0, 0.1) is 17.8 Å². The number of piperidine rings is 1. The smallest absolute Gasteiger partial charge is 0.137 e. The lowest BCUT2D eigenvalue weighted by atomic mass is 9.79. The number of hydrogen-bond acceptors (Lipinski definition) is 3. The van der Waals surface area contributed by atoms with Crippen LogP contribution < -0.4 is 0 Å². The molecule has 1 saturated carbocycles. The highest BCUT2D eigenvalue weighted by atomic mass is 16.1. The maximum Gasteiger partial charge on any atom is 0.137 e. The van der Waals surface area contributed by atoms with Crippen LogP contribution in [0.25, 0.3) is 0 Å². The Bertz CT molecular complexity index is 310. The summed E-state index contributed by atoms with van der Waals surface area (Å²) in [7, 11) is 4.42. The molecule has 0 aromatic carbocycles. The molecule has 116 valence electrons. The number of carbonyl (C=O) groups is 1. The van der Waals surface area contributed by atoms with Crippen molar-refractivity contribution in [2.24, 2.45) is 17.8 Å². The normalized spacial score (nSPS) is 30.1. The molecule has 1 saturated heterocycles. The van der Waals surface area contributed by atoms with Crippen LogP contribution in [-0.2, 0) is 4.79 Å². The van der Waals surface area contributed by atoms with Gasteiger partial charge in [0, 0.05) is 25.4 Å². The first-order chi connectivity index (χ1) is 9.58. The highest BCUT2D eigenvalue weighted by Gasteiger charge is 2.29. The Morgan fingerprint density at radius 1 is 1.15 bits per heavy atom. The third-order valence-electron chi connectivity index (χ3n) is 5.39. The molecule has 2 rings (SSSR count). The van der Waals surface area contributed by atoms with Gasteiger partial charge in [0.2, 0.25) is 0 Å². The second-order valence-electron chi connectivity index (χ2n) is 7.18. The lowest BCUT2D eigenvalue weighted by Crippen LogP contribution is -2.39. The van der Waals surface area contributed by atoms with E-state index in [-0.39, 0.29) is 0 Å². The fourth-order valence-corrected chi connectivity index (χ4v) is 3.89. The minimum absolute atomic E-state index is 0.310. The van der Waals surface area contributed by atoms with E-state index in [1.807, 2.05) is 0 Å². The second kappa shape index (κ2) is 7.56. The van der Waals surface area contributed by atoms with E-state index in [2.05, 4.69) is 30.8 Å². The summed E-state index contributed by atoms with van der Waals surface area (Å²) in [4.78, 5) is 16.9. The van der Waals surface area contributed by atoms with Crippen molar-refractivity contribution in [3.8, 4) is 0 Å². The molecule has 0 amide bonds. The van der Waals surface area contributed by atoms with Crippen LogP contribution >= 0.6 is 0 Å². The fraction of sp³-hybridized carbons (Fsp3) is 0.941. The van der Waals surface area contributed by atoms with Gasteiger partial charge < -0.3 is 9.80 Å². The van der Waals surface area contributed by atoms with Crippen molar-refractivity contribution in [3.05, 3.63) is 0 Å². The molecular formula is C17H32N2O. The lowest BCUT2D eigenvalue weighted by molar-refractivity contribution is -0.126. The number of likely N-dealkylation sites (tertiary alicyclic amines) is 1. The molecule has 0 aromatic rings. The molecule has 1 aliphatic carbocycles. The minimum atomic E-state index is 0.310. The van der Waals surface area contributed by atoms with Crippen molar-refractivity contribution >= 4 is 5.78 Å². The first kappa shape index (κ1) is 16.0. The standard InChI is InChI=1S/C17H32N2O/c1-4-14-5-6-17(20)16(11-14)13-19(3)12-15-7-9-18(2)10-8-15/h14-16H,4-13H2,1-3H3. The van der Waals surface area contributed by atoms with E-state index in [0.717, 1.165) is 37.6 Å². The van der Waals surface area contributed by atoms with Gasteiger partial charge in [0.05, 0.1) is 0 Å². The quantitative estimate of drug-likeness (QED) is 0.773. The summed E-state index contributed by atoms with van der Waals surface area (Å²) < 4.78 is 0. The number of hydrogen-bond donors (Lipinski definition) is 0. The van der Waals surface area contributed by atoms with Crippen LogP contribution in [0.3, 0.4) is 0 Å². The summed E-state index contributed by atoms with van der Waals surface area (Å²) in [5.74, 6) is 2.45. The Labute approximate surface area is 124 Å². The fourth-order valence-electron chi connectivity index (χ4n) is 3.89. The van der Waals surface area contributed by atoms with E-state index >= 15 is 0 Å². The van der Waals surface area contributed by atoms with Gasteiger partial charge in [0.15, 0.2) is 0 Å². The first-order valence-electron chi connectivity index (χ1n) is 8.48. The Morgan fingerprint density at radius 2 is 1.85 bits per heavy atom. The van der Waals surface area contributed by atoms with Crippen molar-refractivity contribution in [1.29, 1.82) is 0 Å². The monoisotopic (exact) mass is 280 g/mol. The van der Waals surface area contributed by atoms with Gasteiger partial charge >= 0.3 is 0 Å². The molecule has 1 heterocycles. The molecule has 0 radical (unpaired) electrons. The predicted molar refractivity (Wildman–Crippen MR) is 83.8 cm³/mol. The predicted octanol–water partition coefficient (Wildman–Crippen LogP) is 2.66. The van der Waals surface area contributed by atoms with Crippen molar-refractivity contribution in [2.45, 2.75) is 45.4 Å². The van der Waals surface area contributed by atoms with Crippen molar-refractivity contribution in [2.75, 3.05) is 40.3 Å². The van der Waals surface area contributed by atoms with Crippen molar-refractivity contribution in [3.63, 3.8) is 0 Å². The van der Waals surface area contributed by atoms with Gasteiger partial charge in [-0.1, -0.05) is 13.3 Å². The maximum atomic E-state index is 12.1. The largest absolute Gasteiger partial charge is 0.306 e. The molecule has 0 aromatic heterocycles. The average Bonchev–Trinajstić information content (AvgIpc) is 2.44. The SMILES string of the molecule is CCC1CCC(=O)C(CN(C)CC2CCN(C)CC2)C1. The number of ketones is 1. The highest BCUT2D eigenvalue weighted by Crippen LogP contribution is 2.29. The second-order valence-corrected chi connectivity index (χ2v) is 7.18. The molecule has 0 spiro atoms. The van der Waals surface area contributed by atoms with Gasteiger partial charge in [-0.2, -0.15) is 0 Å². The van der Waals surface area contributed by atoms with Gasteiger partial charge in [-0.05, 0) is 64.7 Å². The minimum Gasteiger partial charge on any atom is -0.306 e. The molecule has 2 fully saturated rings. The van der Waals surface area contributed by atoms with Gasteiger partial charge in [0.25, 0.3) is 0 Å². The Morgan fingerprint density at radius 3 is 2.50 bits per heavy atom. The van der Waals surface area contributed by atoms with Crippen LogP contribution in [0.1, 0.15) is 45.4 Å². The Hall–Kier alpha value is -0.410. The van der Waals surface area contributed by atoms with E-state index in [9.17, 15) is 4.79 Å².